The predicted molar refractivity (Wildman–Crippen MR) is 81.5 cm³/mol. The van der Waals surface area contributed by atoms with Crippen LogP contribution in [0.3, 0.4) is 0 Å². The van der Waals surface area contributed by atoms with Gasteiger partial charge in [-0.25, -0.2) is 0 Å². The number of hydrogen-bond donors (Lipinski definition) is 0. The highest BCUT2D eigenvalue weighted by Crippen LogP contribution is 2.35. The standard InChI is InChI=1S/C17H24N2/c1-17(2,3)19-11-13-7-5-8-14(15(13)12-19)16-9-6-10-18(16)4/h5,7-8,11-12,16H,6,9-10H2,1-4H3. The zero-order valence-corrected chi connectivity index (χ0v) is 12.5. The number of rotatable bonds is 1. The second kappa shape index (κ2) is 4.38. The maximum absolute atomic E-state index is 2.49. The zero-order chi connectivity index (χ0) is 13.6. The minimum atomic E-state index is 0.151. The normalized spacial score (nSPS) is 21.4. The van der Waals surface area contributed by atoms with Crippen LogP contribution in [-0.2, 0) is 5.54 Å². The SMILES string of the molecule is CN1CCCC1c1cccc2cn(C(C)(C)C)cc12. The predicted octanol–water partition coefficient (Wildman–Crippen LogP) is 4.16. The summed E-state index contributed by atoms with van der Waals surface area (Å²) in [6.07, 6.45) is 7.22. The highest BCUT2D eigenvalue weighted by Gasteiger charge is 2.25. The van der Waals surface area contributed by atoms with Crippen LogP contribution in [0.1, 0.15) is 45.2 Å². The minimum absolute atomic E-state index is 0.151. The van der Waals surface area contributed by atoms with Gasteiger partial charge in [0.1, 0.15) is 0 Å². The van der Waals surface area contributed by atoms with Gasteiger partial charge in [0, 0.05) is 29.4 Å². The summed E-state index contributed by atoms with van der Waals surface area (Å²) in [6, 6.07) is 7.34. The quantitative estimate of drug-likeness (QED) is 0.743. The molecule has 2 nitrogen and oxygen atoms in total. The molecule has 2 heteroatoms. The molecular formula is C17H24N2. The maximum atomic E-state index is 2.49. The van der Waals surface area contributed by atoms with Gasteiger partial charge in [0.25, 0.3) is 0 Å². The first-order valence-electron chi connectivity index (χ1n) is 7.28. The summed E-state index contributed by atoms with van der Waals surface area (Å²) in [7, 11) is 2.25. The molecule has 102 valence electrons. The van der Waals surface area contributed by atoms with E-state index in [9.17, 15) is 0 Å². The fourth-order valence-corrected chi connectivity index (χ4v) is 3.17. The van der Waals surface area contributed by atoms with Gasteiger partial charge in [-0.05, 0) is 58.2 Å². The van der Waals surface area contributed by atoms with Crippen LogP contribution >= 0.6 is 0 Å². The monoisotopic (exact) mass is 256 g/mol. The molecule has 0 radical (unpaired) electrons. The van der Waals surface area contributed by atoms with Gasteiger partial charge in [0.05, 0.1) is 0 Å². The molecule has 0 saturated carbocycles. The molecule has 19 heavy (non-hydrogen) atoms. The Kier molecular flexibility index (Phi) is 2.94. The molecule has 1 aliphatic rings. The topological polar surface area (TPSA) is 8.17 Å². The van der Waals surface area contributed by atoms with E-state index < -0.39 is 0 Å². The molecule has 1 aromatic heterocycles. The lowest BCUT2D eigenvalue weighted by molar-refractivity contribution is 0.319. The summed E-state index contributed by atoms with van der Waals surface area (Å²) >= 11 is 0. The first kappa shape index (κ1) is 12.7. The molecule has 1 fully saturated rings. The van der Waals surface area contributed by atoms with E-state index in [1.54, 1.807) is 0 Å². The minimum Gasteiger partial charge on any atom is -0.348 e. The van der Waals surface area contributed by atoms with Gasteiger partial charge in [0.15, 0.2) is 0 Å². The fraction of sp³-hybridized carbons (Fsp3) is 0.529. The molecule has 1 saturated heterocycles. The Balaban J connectivity index is 2.12. The molecule has 1 aliphatic heterocycles. The fourth-order valence-electron chi connectivity index (χ4n) is 3.17. The van der Waals surface area contributed by atoms with Gasteiger partial charge in [-0.15, -0.1) is 0 Å². The number of hydrogen-bond acceptors (Lipinski definition) is 1. The van der Waals surface area contributed by atoms with Crippen LogP contribution in [-0.4, -0.2) is 23.1 Å². The van der Waals surface area contributed by atoms with Crippen LogP contribution in [0.5, 0.6) is 0 Å². The maximum Gasteiger partial charge on any atom is 0.0356 e. The second-order valence-corrected chi connectivity index (χ2v) is 6.83. The molecule has 2 heterocycles. The summed E-state index contributed by atoms with van der Waals surface area (Å²) in [5, 5.41) is 2.80. The first-order valence-corrected chi connectivity index (χ1v) is 7.28. The highest BCUT2D eigenvalue weighted by molar-refractivity contribution is 5.86. The molecular weight excluding hydrogens is 232 g/mol. The third kappa shape index (κ3) is 2.18. The number of likely N-dealkylation sites (tertiary alicyclic amines) is 1. The van der Waals surface area contributed by atoms with E-state index in [0.717, 1.165) is 0 Å². The Morgan fingerprint density at radius 1 is 1.16 bits per heavy atom. The first-order chi connectivity index (χ1) is 8.97. The van der Waals surface area contributed by atoms with Crippen LogP contribution in [0, 0.1) is 0 Å². The van der Waals surface area contributed by atoms with Crippen LogP contribution in [0.2, 0.25) is 0 Å². The van der Waals surface area contributed by atoms with Crippen molar-refractivity contribution in [1.29, 1.82) is 0 Å². The lowest BCUT2D eigenvalue weighted by Gasteiger charge is -2.21. The van der Waals surface area contributed by atoms with E-state index >= 15 is 0 Å². The summed E-state index contributed by atoms with van der Waals surface area (Å²) < 4.78 is 2.34. The lowest BCUT2D eigenvalue weighted by atomic mass is 10.00. The Labute approximate surface area is 116 Å². The van der Waals surface area contributed by atoms with Crippen molar-refractivity contribution in [3.8, 4) is 0 Å². The Morgan fingerprint density at radius 3 is 2.58 bits per heavy atom. The largest absolute Gasteiger partial charge is 0.348 e. The van der Waals surface area contributed by atoms with Gasteiger partial charge in [-0.1, -0.05) is 18.2 Å². The third-order valence-corrected chi connectivity index (χ3v) is 4.37. The van der Waals surface area contributed by atoms with E-state index in [1.165, 1.54) is 35.7 Å². The number of aromatic nitrogens is 1. The summed E-state index contributed by atoms with van der Waals surface area (Å²) in [4.78, 5) is 2.49. The molecule has 0 bridgehead atoms. The van der Waals surface area contributed by atoms with Crippen molar-refractivity contribution < 1.29 is 0 Å². The van der Waals surface area contributed by atoms with Crippen LogP contribution in [0.15, 0.2) is 30.6 Å². The van der Waals surface area contributed by atoms with Gasteiger partial charge in [-0.3, -0.25) is 4.90 Å². The average Bonchev–Trinajstić information content (AvgIpc) is 2.93. The summed E-state index contributed by atoms with van der Waals surface area (Å²) in [5.41, 5.74) is 1.65. The van der Waals surface area contributed by atoms with Crippen molar-refractivity contribution >= 4 is 10.8 Å². The zero-order valence-electron chi connectivity index (χ0n) is 12.5. The van der Waals surface area contributed by atoms with Crippen molar-refractivity contribution in [1.82, 2.24) is 9.47 Å². The van der Waals surface area contributed by atoms with E-state index in [0.29, 0.717) is 6.04 Å². The molecule has 0 aliphatic carbocycles. The van der Waals surface area contributed by atoms with Crippen molar-refractivity contribution in [2.24, 2.45) is 0 Å². The van der Waals surface area contributed by atoms with Gasteiger partial charge in [0.2, 0.25) is 0 Å². The number of fused-ring (bicyclic) bond motifs is 1. The Morgan fingerprint density at radius 2 is 1.95 bits per heavy atom. The smallest absolute Gasteiger partial charge is 0.0356 e. The van der Waals surface area contributed by atoms with E-state index in [1.807, 2.05) is 0 Å². The molecule has 3 rings (SSSR count). The third-order valence-electron chi connectivity index (χ3n) is 4.37. The van der Waals surface area contributed by atoms with Crippen molar-refractivity contribution in [3.63, 3.8) is 0 Å². The van der Waals surface area contributed by atoms with Crippen molar-refractivity contribution in [3.05, 3.63) is 36.2 Å². The summed E-state index contributed by atoms with van der Waals surface area (Å²) in [6.45, 7) is 7.99. The van der Waals surface area contributed by atoms with Gasteiger partial charge >= 0.3 is 0 Å². The molecule has 2 aromatic rings. The number of benzene rings is 1. The van der Waals surface area contributed by atoms with Crippen LogP contribution in [0.4, 0.5) is 0 Å². The van der Waals surface area contributed by atoms with E-state index in [-0.39, 0.29) is 5.54 Å². The second-order valence-electron chi connectivity index (χ2n) is 6.83. The molecule has 0 N–H and O–H groups in total. The molecule has 1 atom stereocenters. The van der Waals surface area contributed by atoms with Crippen molar-refractivity contribution in [2.75, 3.05) is 13.6 Å². The number of nitrogens with zero attached hydrogens (tertiary/aromatic N) is 2. The van der Waals surface area contributed by atoms with Crippen LogP contribution in [0.25, 0.3) is 10.8 Å². The highest BCUT2D eigenvalue weighted by atomic mass is 15.1. The molecule has 0 spiro atoms. The molecule has 1 aromatic carbocycles. The average molecular weight is 256 g/mol. The van der Waals surface area contributed by atoms with Gasteiger partial charge < -0.3 is 4.57 Å². The lowest BCUT2D eigenvalue weighted by Crippen LogP contribution is -2.19. The summed E-state index contributed by atoms with van der Waals surface area (Å²) in [5.74, 6) is 0. The van der Waals surface area contributed by atoms with E-state index in [4.69, 9.17) is 0 Å². The van der Waals surface area contributed by atoms with E-state index in [2.05, 4.69) is 67.9 Å². The molecule has 0 amide bonds. The Hall–Kier alpha value is -1.28. The van der Waals surface area contributed by atoms with Crippen LogP contribution < -0.4 is 0 Å². The van der Waals surface area contributed by atoms with Gasteiger partial charge in [-0.2, -0.15) is 0 Å². The molecule has 1 unspecified atom stereocenters. The Bertz CT molecular complexity index is 589. The van der Waals surface area contributed by atoms with Crippen molar-refractivity contribution in [2.45, 2.75) is 45.2 Å².